The highest BCUT2D eigenvalue weighted by atomic mass is 16.5. The Morgan fingerprint density at radius 2 is 1.90 bits per heavy atom. The van der Waals surface area contributed by atoms with Gasteiger partial charge in [-0.25, -0.2) is 4.79 Å². The molecule has 6 nitrogen and oxygen atoms in total. The van der Waals surface area contributed by atoms with Gasteiger partial charge in [0.1, 0.15) is 5.69 Å². The van der Waals surface area contributed by atoms with Gasteiger partial charge in [-0.3, -0.25) is 9.59 Å². The number of rotatable bonds is 3. The number of amides is 1. The number of carbonyl (C=O) groups is 2. The molecule has 0 atom stereocenters. The fourth-order valence-electron chi connectivity index (χ4n) is 1.62. The van der Waals surface area contributed by atoms with Crippen molar-refractivity contribution in [1.82, 2.24) is 4.98 Å². The van der Waals surface area contributed by atoms with E-state index in [1.165, 1.54) is 31.4 Å². The zero-order chi connectivity index (χ0) is 14.5. The van der Waals surface area contributed by atoms with E-state index in [4.69, 9.17) is 0 Å². The monoisotopic (exact) mass is 272 g/mol. The molecule has 0 bridgehead atoms. The number of ether oxygens (including phenoxy) is 1. The average molecular weight is 272 g/mol. The van der Waals surface area contributed by atoms with E-state index in [1.807, 2.05) is 0 Å². The van der Waals surface area contributed by atoms with Gasteiger partial charge in [0.05, 0.1) is 12.7 Å². The number of nitrogens with one attached hydrogen (secondary N) is 2. The Balaban J connectivity index is 2.20. The lowest BCUT2D eigenvalue weighted by molar-refractivity contribution is 0.0600. The molecule has 1 heterocycles. The second kappa shape index (κ2) is 5.83. The van der Waals surface area contributed by atoms with Gasteiger partial charge in [-0.05, 0) is 24.3 Å². The topological polar surface area (TPSA) is 88.3 Å². The Kier molecular flexibility index (Phi) is 3.95. The van der Waals surface area contributed by atoms with Gasteiger partial charge in [0.25, 0.3) is 5.91 Å². The van der Waals surface area contributed by atoms with Crippen LogP contribution in [0.25, 0.3) is 0 Å². The smallest absolute Gasteiger partial charge is 0.337 e. The van der Waals surface area contributed by atoms with Gasteiger partial charge in [-0.15, -0.1) is 0 Å². The van der Waals surface area contributed by atoms with Crippen LogP contribution in [0.15, 0.2) is 47.3 Å². The first-order chi connectivity index (χ1) is 9.60. The zero-order valence-corrected chi connectivity index (χ0v) is 10.7. The first kappa shape index (κ1) is 13.5. The molecule has 0 radical (unpaired) electrons. The molecule has 0 saturated carbocycles. The molecule has 20 heavy (non-hydrogen) atoms. The van der Waals surface area contributed by atoms with Gasteiger partial charge in [0.2, 0.25) is 5.56 Å². The first-order valence-electron chi connectivity index (χ1n) is 5.79. The van der Waals surface area contributed by atoms with E-state index in [-0.39, 0.29) is 11.3 Å². The third kappa shape index (κ3) is 3.11. The van der Waals surface area contributed by atoms with Crippen molar-refractivity contribution in [2.24, 2.45) is 0 Å². The van der Waals surface area contributed by atoms with Crippen molar-refractivity contribution in [2.45, 2.75) is 0 Å². The third-order valence-corrected chi connectivity index (χ3v) is 2.55. The van der Waals surface area contributed by atoms with Gasteiger partial charge >= 0.3 is 5.97 Å². The van der Waals surface area contributed by atoms with E-state index in [0.29, 0.717) is 11.3 Å². The van der Waals surface area contributed by atoms with Crippen LogP contribution >= 0.6 is 0 Å². The molecular formula is C14H12N2O4. The molecule has 0 fully saturated rings. The Labute approximate surface area is 114 Å². The third-order valence-electron chi connectivity index (χ3n) is 2.55. The fraction of sp³-hybridized carbons (Fsp3) is 0.0714. The summed E-state index contributed by atoms with van der Waals surface area (Å²) in [7, 11) is 1.28. The van der Waals surface area contributed by atoms with Crippen molar-refractivity contribution in [2.75, 3.05) is 12.4 Å². The molecule has 0 aliphatic heterocycles. The summed E-state index contributed by atoms with van der Waals surface area (Å²) in [6, 6.07) is 10.6. The predicted octanol–water partition coefficient (Wildman–Crippen LogP) is 1.41. The highest BCUT2D eigenvalue weighted by Gasteiger charge is 2.09. The summed E-state index contributed by atoms with van der Waals surface area (Å²) in [5.41, 5.74) is 0.538. The number of aromatic nitrogens is 1. The SMILES string of the molecule is COC(=O)c1cccc(NC(=O)c2cccc(=O)[nH]2)c1. The van der Waals surface area contributed by atoms with Crippen LogP contribution in [-0.4, -0.2) is 24.0 Å². The summed E-state index contributed by atoms with van der Waals surface area (Å²) in [5.74, 6) is -0.959. The molecule has 0 aliphatic carbocycles. The van der Waals surface area contributed by atoms with E-state index in [2.05, 4.69) is 15.0 Å². The molecule has 0 saturated heterocycles. The van der Waals surface area contributed by atoms with Crippen LogP contribution in [0.5, 0.6) is 0 Å². The maximum Gasteiger partial charge on any atom is 0.337 e. The van der Waals surface area contributed by atoms with Crippen LogP contribution in [0.4, 0.5) is 5.69 Å². The van der Waals surface area contributed by atoms with Crippen molar-refractivity contribution in [3.63, 3.8) is 0 Å². The maximum absolute atomic E-state index is 11.9. The number of aromatic amines is 1. The van der Waals surface area contributed by atoms with E-state index in [9.17, 15) is 14.4 Å². The zero-order valence-electron chi connectivity index (χ0n) is 10.7. The molecule has 1 aromatic carbocycles. The van der Waals surface area contributed by atoms with Gasteiger partial charge < -0.3 is 15.0 Å². The van der Waals surface area contributed by atoms with Crippen molar-refractivity contribution < 1.29 is 14.3 Å². The fourth-order valence-corrected chi connectivity index (χ4v) is 1.62. The van der Waals surface area contributed by atoms with Crippen LogP contribution in [0.2, 0.25) is 0 Å². The first-order valence-corrected chi connectivity index (χ1v) is 5.79. The number of pyridine rings is 1. The maximum atomic E-state index is 11.9. The number of carbonyl (C=O) groups excluding carboxylic acids is 2. The van der Waals surface area contributed by atoms with E-state index in [1.54, 1.807) is 18.2 Å². The Bertz CT molecular complexity index is 706. The van der Waals surface area contributed by atoms with E-state index < -0.39 is 11.9 Å². The summed E-state index contributed by atoms with van der Waals surface area (Å²) < 4.78 is 4.60. The summed E-state index contributed by atoms with van der Waals surface area (Å²) in [4.78, 5) is 36.9. The largest absolute Gasteiger partial charge is 0.465 e. The molecule has 0 spiro atoms. The van der Waals surface area contributed by atoms with E-state index >= 15 is 0 Å². The summed E-state index contributed by atoms with van der Waals surface area (Å²) in [6.07, 6.45) is 0. The second-order valence-corrected chi connectivity index (χ2v) is 3.96. The number of methoxy groups -OCH3 is 1. The molecule has 102 valence electrons. The average Bonchev–Trinajstić information content (AvgIpc) is 2.46. The minimum Gasteiger partial charge on any atom is -0.465 e. The van der Waals surface area contributed by atoms with Crippen molar-refractivity contribution in [3.8, 4) is 0 Å². The van der Waals surface area contributed by atoms with Gasteiger partial charge in [0.15, 0.2) is 0 Å². The highest BCUT2D eigenvalue weighted by molar-refractivity contribution is 6.03. The minimum atomic E-state index is -0.491. The van der Waals surface area contributed by atoms with Gasteiger partial charge in [-0.2, -0.15) is 0 Å². The molecular weight excluding hydrogens is 260 g/mol. The molecule has 0 unspecified atom stereocenters. The number of hydrogen-bond donors (Lipinski definition) is 2. The molecule has 0 aliphatic rings. The minimum absolute atomic E-state index is 0.140. The number of benzene rings is 1. The van der Waals surface area contributed by atoms with Gasteiger partial charge in [0, 0.05) is 11.8 Å². The van der Waals surface area contributed by atoms with E-state index in [0.717, 1.165) is 0 Å². The quantitative estimate of drug-likeness (QED) is 0.827. The Morgan fingerprint density at radius 3 is 2.60 bits per heavy atom. The molecule has 1 aromatic heterocycles. The summed E-state index contributed by atoms with van der Waals surface area (Å²) in [6.45, 7) is 0. The Morgan fingerprint density at radius 1 is 1.15 bits per heavy atom. The predicted molar refractivity (Wildman–Crippen MR) is 72.8 cm³/mol. The number of H-pyrrole nitrogens is 1. The van der Waals surface area contributed by atoms with Gasteiger partial charge in [-0.1, -0.05) is 12.1 Å². The number of esters is 1. The van der Waals surface area contributed by atoms with Crippen LogP contribution in [0.3, 0.4) is 0 Å². The summed E-state index contributed by atoms with van der Waals surface area (Å²) >= 11 is 0. The normalized spacial score (nSPS) is 9.85. The lowest BCUT2D eigenvalue weighted by Crippen LogP contribution is -2.18. The molecule has 2 aromatic rings. The van der Waals surface area contributed by atoms with Crippen LogP contribution < -0.4 is 10.9 Å². The van der Waals surface area contributed by atoms with Crippen LogP contribution in [0, 0.1) is 0 Å². The Hall–Kier alpha value is -2.89. The van der Waals surface area contributed by atoms with Crippen molar-refractivity contribution in [1.29, 1.82) is 0 Å². The lowest BCUT2D eigenvalue weighted by Gasteiger charge is -2.06. The highest BCUT2D eigenvalue weighted by Crippen LogP contribution is 2.12. The number of hydrogen-bond acceptors (Lipinski definition) is 4. The van der Waals surface area contributed by atoms with Crippen molar-refractivity contribution >= 4 is 17.6 Å². The molecule has 2 rings (SSSR count). The lowest BCUT2D eigenvalue weighted by atomic mass is 10.2. The summed E-state index contributed by atoms with van der Waals surface area (Å²) in [5, 5.41) is 2.59. The van der Waals surface area contributed by atoms with Crippen molar-refractivity contribution in [3.05, 3.63) is 64.1 Å². The molecule has 2 N–H and O–H groups in total. The van der Waals surface area contributed by atoms with Crippen LogP contribution in [-0.2, 0) is 4.74 Å². The van der Waals surface area contributed by atoms with Crippen LogP contribution in [0.1, 0.15) is 20.8 Å². The second-order valence-electron chi connectivity index (χ2n) is 3.96. The molecule has 1 amide bonds. The standard InChI is InChI=1S/C14H12N2O4/c1-20-14(19)9-4-2-5-10(8-9)15-13(18)11-6-3-7-12(17)16-11/h2-8H,1H3,(H,15,18)(H,16,17). The number of anilines is 1. The molecule has 6 heteroatoms.